The van der Waals surface area contributed by atoms with Crippen molar-refractivity contribution in [2.24, 2.45) is 5.92 Å². The van der Waals surface area contributed by atoms with E-state index in [1.54, 1.807) is 6.20 Å². The maximum absolute atomic E-state index is 10.9. The molecular weight excluding hydrogens is 230 g/mol. The van der Waals surface area contributed by atoms with Crippen LogP contribution in [-0.4, -0.2) is 34.0 Å². The van der Waals surface area contributed by atoms with Crippen LogP contribution in [0.5, 0.6) is 0 Å². The molecule has 1 unspecified atom stereocenters. The molecule has 0 aliphatic carbocycles. The van der Waals surface area contributed by atoms with Crippen molar-refractivity contribution >= 4 is 5.97 Å². The van der Waals surface area contributed by atoms with E-state index in [4.69, 9.17) is 5.11 Å². The standard InChI is InChI=1S/C13H15N3O2/c14-9-12(11-3-1-2-6-15-11)16-7-4-10(5-8-16)13(17)18/h1-3,6,10,12H,4-5,7-8H2,(H,17,18). The number of aromatic nitrogens is 1. The Kier molecular flexibility index (Phi) is 3.90. The van der Waals surface area contributed by atoms with Gasteiger partial charge in [-0.2, -0.15) is 5.26 Å². The summed E-state index contributed by atoms with van der Waals surface area (Å²) in [4.78, 5) is 17.1. The van der Waals surface area contributed by atoms with Gasteiger partial charge < -0.3 is 5.11 Å². The zero-order chi connectivity index (χ0) is 13.0. The molecule has 1 atom stereocenters. The van der Waals surface area contributed by atoms with E-state index in [2.05, 4.69) is 11.1 Å². The molecular formula is C13H15N3O2. The van der Waals surface area contributed by atoms with Gasteiger partial charge in [0, 0.05) is 19.3 Å². The summed E-state index contributed by atoms with van der Waals surface area (Å²) in [6.45, 7) is 1.26. The summed E-state index contributed by atoms with van der Waals surface area (Å²) in [6.07, 6.45) is 2.87. The fourth-order valence-corrected chi connectivity index (χ4v) is 2.28. The molecule has 1 aromatic rings. The third-order valence-corrected chi connectivity index (χ3v) is 3.33. The van der Waals surface area contributed by atoms with Crippen molar-refractivity contribution in [1.29, 1.82) is 5.26 Å². The number of hydrogen-bond donors (Lipinski definition) is 1. The lowest BCUT2D eigenvalue weighted by molar-refractivity contribution is -0.143. The lowest BCUT2D eigenvalue weighted by Gasteiger charge is -2.32. The van der Waals surface area contributed by atoms with Gasteiger partial charge in [-0.05, 0) is 25.0 Å². The van der Waals surface area contributed by atoms with Crippen LogP contribution in [0.1, 0.15) is 24.6 Å². The van der Waals surface area contributed by atoms with Crippen LogP contribution in [0.3, 0.4) is 0 Å². The number of pyridine rings is 1. The first-order valence-electron chi connectivity index (χ1n) is 5.99. The second kappa shape index (κ2) is 5.61. The topological polar surface area (TPSA) is 77.2 Å². The number of aliphatic carboxylic acids is 1. The molecule has 1 aromatic heterocycles. The molecule has 1 aliphatic rings. The number of hydrogen-bond acceptors (Lipinski definition) is 4. The summed E-state index contributed by atoms with van der Waals surface area (Å²) < 4.78 is 0. The molecule has 1 N–H and O–H groups in total. The zero-order valence-electron chi connectivity index (χ0n) is 9.99. The van der Waals surface area contributed by atoms with Gasteiger partial charge in [0.15, 0.2) is 0 Å². The molecule has 0 spiro atoms. The molecule has 1 fully saturated rings. The molecule has 5 heteroatoms. The van der Waals surface area contributed by atoms with Crippen molar-refractivity contribution in [3.05, 3.63) is 30.1 Å². The number of likely N-dealkylation sites (tertiary alicyclic amines) is 1. The van der Waals surface area contributed by atoms with Gasteiger partial charge >= 0.3 is 5.97 Å². The van der Waals surface area contributed by atoms with E-state index < -0.39 is 5.97 Å². The summed E-state index contributed by atoms with van der Waals surface area (Å²) >= 11 is 0. The van der Waals surface area contributed by atoms with E-state index in [-0.39, 0.29) is 12.0 Å². The fraction of sp³-hybridized carbons (Fsp3) is 0.462. The van der Waals surface area contributed by atoms with E-state index in [1.807, 2.05) is 23.1 Å². The molecule has 18 heavy (non-hydrogen) atoms. The summed E-state index contributed by atoms with van der Waals surface area (Å²) in [5.74, 6) is -1.01. The number of carboxylic acids is 1. The highest BCUT2D eigenvalue weighted by molar-refractivity contribution is 5.70. The smallest absolute Gasteiger partial charge is 0.306 e. The average Bonchev–Trinajstić information content (AvgIpc) is 2.41. The zero-order valence-corrected chi connectivity index (χ0v) is 9.99. The number of piperidine rings is 1. The Morgan fingerprint density at radius 2 is 2.22 bits per heavy atom. The predicted octanol–water partition coefficient (Wildman–Crippen LogP) is 1.44. The number of carboxylic acid groups (broad SMARTS) is 1. The summed E-state index contributed by atoms with van der Waals surface area (Å²) in [5.41, 5.74) is 0.730. The van der Waals surface area contributed by atoms with Crippen LogP contribution >= 0.6 is 0 Å². The number of carbonyl (C=O) groups is 1. The fourth-order valence-electron chi connectivity index (χ4n) is 2.28. The Morgan fingerprint density at radius 1 is 1.50 bits per heavy atom. The van der Waals surface area contributed by atoms with E-state index in [1.165, 1.54) is 0 Å². The average molecular weight is 245 g/mol. The first kappa shape index (κ1) is 12.5. The molecule has 0 saturated carbocycles. The van der Waals surface area contributed by atoms with Gasteiger partial charge in [-0.15, -0.1) is 0 Å². The third-order valence-electron chi connectivity index (χ3n) is 3.33. The Bertz CT molecular complexity index is 447. The Balaban J connectivity index is 2.04. The van der Waals surface area contributed by atoms with Gasteiger partial charge in [0.05, 0.1) is 17.7 Å². The van der Waals surface area contributed by atoms with Crippen LogP contribution < -0.4 is 0 Å². The molecule has 2 heterocycles. The van der Waals surface area contributed by atoms with Crippen molar-refractivity contribution in [2.45, 2.75) is 18.9 Å². The van der Waals surface area contributed by atoms with Gasteiger partial charge in [0.2, 0.25) is 0 Å². The van der Waals surface area contributed by atoms with Crippen LogP contribution in [0.4, 0.5) is 0 Å². The van der Waals surface area contributed by atoms with Crippen LogP contribution in [-0.2, 0) is 4.79 Å². The molecule has 94 valence electrons. The quantitative estimate of drug-likeness (QED) is 0.872. The highest BCUT2D eigenvalue weighted by Crippen LogP contribution is 2.25. The minimum absolute atomic E-state index is 0.274. The van der Waals surface area contributed by atoms with Gasteiger partial charge in [0.25, 0.3) is 0 Å². The monoisotopic (exact) mass is 245 g/mol. The van der Waals surface area contributed by atoms with Crippen LogP contribution in [0.25, 0.3) is 0 Å². The van der Waals surface area contributed by atoms with Crippen molar-refractivity contribution in [1.82, 2.24) is 9.88 Å². The second-order valence-electron chi connectivity index (χ2n) is 4.43. The van der Waals surface area contributed by atoms with Crippen LogP contribution in [0.2, 0.25) is 0 Å². The summed E-state index contributed by atoms with van der Waals surface area (Å²) in [5, 5.41) is 18.2. The molecule has 0 radical (unpaired) electrons. The Morgan fingerprint density at radius 3 is 2.72 bits per heavy atom. The third kappa shape index (κ3) is 2.66. The molecule has 5 nitrogen and oxygen atoms in total. The maximum atomic E-state index is 10.9. The van der Waals surface area contributed by atoms with Crippen LogP contribution in [0.15, 0.2) is 24.4 Å². The van der Waals surface area contributed by atoms with Gasteiger partial charge in [-0.25, -0.2) is 0 Å². The van der Waals surface area contributed by atoms with E-state index in [0.717, 1.165) is 5.69 Å². The maximum Gasteiger partial charge on any atom is 0.306 e. The van der Waals surface area contributed by atoms with Crippen molar-refractivity contribution < 1.29 is 9.90 Å². The lowest BCUT2D eigenvalue weighted by atomic mass is 9.95. The highest BCUT2D eigenvalue weighted by atomic mass is 16.4. The van der Waals surface area contributed by atoms with Gasteiger partial charge in [0.1, 0.15) is 6.04 Å². The molecule has 0 bridgehead atoms. The molecule has 1 aliphatic heterocycles. The van der Waals surface area contributed by atoms with Gasteiger partial charge in [-0.3, -0.25) is 14.7 Å². The van der Waals surface area contributed by atoms with Crippen molar-refractivity contribution in [3.8, 4) is 6.07 Å². The molecule has 0 aromatic carbocycles. The Labute approximate surface area is 106 Å². The Hall–Kier alpha value is -1.93. The van der Waals surface area contributed by atoms with Crippen molar-refractivity contribution in [2.75, 3.05) is 13.1 Å². The first-order chi connectivity index (χ1) is 8.72. The predicted molar refractivity (Wildman–Crippen MR) is 64.5 cm³/mol. The summed E-state index contributed by atoms with van der Waals surface area (Å²) in [6, 6.07) is 7.38. The highest BCUT2D eigenvalue weighted by Gasteiger charge is 2.29. The number of rotatable bonds is 3. The minimum atomic E-state index is -0.735. The molecule has 2 rings (SSSR count). The number of nitriles is 1. The van der Waals surface area contributed by atoms with Crippen molar-refractivity contribution in [3.63, 3.8) is 0 Å². The first-order valence-corrected chi connectivity index (χ1v) is 5.99. The summed E-state index contributed by atoms with van der Waals surface area (Å²) in [7, 11) is 0. The molecule has 1 saturated heterocycles. The van der Waals surface area contributed by atoms with E-state index >= 15 is 0 Å². The van der Waals surface area contributed by atoms with Crippen LogP contribution in [0, 0.1) is 17.2 Å². The van der Waals surface area contributed by atoms with Gasteiger partial charge in [-0.1, -0.05) is 6.07 Å². The largest absolute Gasteiger partial charge is 0.481 e. The van der Waals surface area contributed by atoms with E-state index in [9.17, 15) is 10.1 Å². The van der Waals surface area contributed by atoms with E-state index in [0.29, 0.717) is 25.9 Å². The molecule has 0 amide bonds. The normalized spacial score (nSPS) is 19.1. The SMILES string of the molecule is N#CC(c1ccccn1)N1CCC(C(=O)O)CC1. The second-order valence-corrected chi connectivity index (χ2v) is 4.43. The lowest BCUT2D eigenvalue weighted by Crippen LogP contribution is -2.38. The number of nitrogens with zero attached hydrogens (tertiary/aromatic N) is 3. The minimum Gasteiger partial charge on any atom is -0.481 e.